The molecule has 0 spiro atoms. The number of methoxy groups -OCH3 is 1. The molecule has 8 unspecified atom stereocenters. The average Bonchev–Trinajstić information content (AvgIpc) is 3.03. The van der Waals surface area contributed by atoms with Gasteiger partial charge in [0.25, 0.3) is 0 Å². The minimum atomic E-state index is 0.0270. The molecule has 0 amide bonds. The van der Waals surface area contributed by atoms with Gasteiger partial charge < -0.3 is 9.84 Å². The van der Waals surface area contributed by atoms with Crippen LogP contribution >= 0.6 is 0 Å². The molecule has 4 saturated carbocycles. The number of rotatable bonds is 2. The Morgan fingerprint density at radius 3 is 2.71 bits per heavy atom. The predicted molar refractivity (Wildman–Crippen MR) is 65.4 cm³/mol. The highest BCUT2D eigenvalue weighted by Crippen LogP contribution is 2.70. The molecule has 4 rings (SSSR count). The second-order valence-corrected chi connectivity index (χ2v) is 7.05. The van der Waals surface area contributed by atoms with Crippen molar-refractivity contribution in [3.63, 3.8) is 0 Å². The predicted octanol–water partition coefficient (Wildman–Crippen LogP) is 2.45. The molecule has 4 bridgehead atoms. The monoisotopic (exact) mass is 236 g/mol. The summed E-state index contributed by atoms with van der Waals surface area (Å²) in [6.45, 7) is 2.29. The molecule has 0 saturated heterocycles. The summed E-state index contributed by atoms with van der Waals surface area (Å²) in [5.41, 5.74) is 0.196. The van der Waals surface area contributed by atoms with Crippen molar-refractivity contribution in [3.8, 4) is 0 Å². The lowest BCUT2D eigenvalue weighted by molar-refractivity contribution is -0.105. The van der Waals surface area contributed by atoms with Crippen LogP contribution in [0.3, 0.4) is 0 Å². The third-order valence-corrected chi connectivity index (χ3v) is 6.95. The zero-order valence-corrected chi connectivity index (χ0v) is 10.9. The van der Waals surface area contributed by atoms with Gasteiger partial charge in [0.15, 0.2) is 0 Å². The maximum Gasteiger partial charge on any atom is 0.0709 e. The molecular formula is C15H24O2. The van der Waals surface area contributed by atoms with E-state index in [0.717, 1.165) is 36.0 Å². The zero-order valence-electron chi connectivity index (χ0n) is 10.9. The summed E-state index contributed by atoms with van der Waals surface area (Å²) in [5, 5.41) is 10.1. The van der Waals surface area contributed by atoms with Crippen LogP contribution in [0.25, 0.3) is 0 Å². The van der Waals surface area contributed by atoms with Crippen LogP contribution in [0.2, 0.25) is 0 Å². The van der Waals surface area contributed by atoms with E-state index in [4.69, 9.17) is 4.74 Å². The second-order valence-electron chi connectivity index (χ2n) is 7.05. The topological polar surface area (TPSA) is 29.5 Å². The largest absolute Gasteiger partial charge is 0.393 e. The van der Waals surface area contributed by atoms with E-state index in [2.05, 4.69) is 6.92 Å². The maximum absolute atomic E-state index is 10.1. The fourth-order valence-corrected chi connectivity index (χ4v) is 6.48. The number of hydrogen-bond acceptors (Lipinski definition) is 2. The van der Waals surface area contributed by atoms with Gasteiger partial charge in [-0.15, -0.1) is 0 Å². The van der Waals surface area contributed by atoms with Crippen LogP contribution in [0.1, 0.15) is 39.0 Å². The van der Waals surface area contributed by atoms with Crippen LogP contribution in [0.15, 0.2) is 0 Å². The van der Waals surface area contributed by atoms with Crippen molar-refractivity contribution in [1.29, 1.82) is 0 Å². The molecule has 96 valence electrons. The van der Waals surface area contributed by atoms with Crippen LogP contribution in [0.5, 0.6) is 0 Å². The van der Waals surface area contributed by atoms with Crippen LogP contribution < -0.4 is 0 Å². The third kappa shape index (κ3) is 1.10. The minimum absolute atomic E-state index is 0.0270. The molecule has 8 atom stereocenters. The molecule has 4 aliphatic carbocycles. The van der Waals surface area contributed by atoms with Crippen LogP contribution in [-0.4, -0.2) is 23.9 Å². The van der Waals surface area contributed by atoms with E-state index in [1.54, 1.807) is 0 Å². The summed E-state index contributed by atoms with van der Waals surface area (Å²) >= 11 is 0. The van der Waals surface area contributed by atoms with Gasteiger partial charge in [-0.2, -0.15) is 0 Å². The molecule has 1 N–H and O–H groups in total. The van der Waals surface area contributed by atoms with Crippen molar-refractivity contribution in [2.45, 2.75) is 50.7 Å². The third-order valence-electron chi connectivity index (χ3n) is 6.95. The number of ether oxygens (including phenoxy) is 1. The summed E-state index contributed by atoms with van der Waals surface area (Å²) in [7, 11) is 1.92. The molecule has 4 aliphatic rings. The van der Waals surface area contributed by atoms with Crippen molar-refractivity contribution < 1.29 is 9.84 Å². The van der Waals surface area contributed by atoms with Gasteiger partial charge in [-0.3, -0.25) is 0 Å². The van der Waals surface area contributed by atoms with E-state index in [-0.39, 0.29) is 11.7 Å². The van der Waals surface area contributed by atoms with Crippen LogP contribution in [0.4, 0.5) is 0 Å². The van der Waals surface area contributed by atoms with Crippen molar-refractivity contribution in [1.82, 2.24) is 0 Å². The van der Waals surface area contributed by atoms with Gasteiger partial charge in [0.2, 0.25) is 0 Å². The Balaban J connectivity index is 1.68. The Kier molecular flexibility index (Phi) is 2.08. The second kappa shape index (κ2) is 3.27. The summed E-state index contributed by atoms with van der Waals surface area (Å²) in [6.07, 6.45) is 6.25. The van der Waals surface area contributed by atoms with E-state index < -0.39 is 0 Å². The van der Waals surface area contributed by atoms with Gasteiger partial charge in [0, 0.05) is 7.11 Å². The smallest absolute Gasteiger partial charge is 0.0709 e. The van der Waals surface area contributed by atoms with Gasteiger partial charge >= 0.3 is 0 Å². The molecule has 17 heavy (non-hydrogen) atoms. The Morgan fingerprint density at radius 2 is 2.00 bits per heavy atom. The Bertz CT molecular complexity index is 336. The molecule has 0 aliphatic heterocycles. The summed E-state index contributed by atoms with van der Waals surface area (Å²) in [6, 6.07) is 0. The van der Waals surface area contributed by atoms with Gasteiger partial charge in [-0.25, -0.2) is 0 Å². The van der Waals surface area contributed by atoms with E-state index >= 15 is 0 Å². The molecule has 0 aromatic rings. The van der Waals surface area contributed by atoms with Crippen LogP contribution in [0, 0.1) is 35.5 Å². The highest BCUT2D eigenvalue weighted by molar-refractivity contribution is 5.17. The fourth-order valence-electron chi connectivity index (χ4n) is 6.48. The average molecular weight is 236 g/mol. The fraction of sp³-hybridized carbons (Fsp3) is 1.00. The first-order chi connectivity index (χ1) is 8.20. The Hall–Kier alpha value is -0.0800. The maximum atomic E-state index is 10.1. The number of aliphatic hydroxyl groups is 1. The van der Waals surface area contributed by atoms with Crippen molar-refractivity contribution in [3.05, 3.63) is 0 Å². The molecule has 4 fully saturated rings. The van der Waals surface area contributed by atoms with E-state index in [1.807, 2.05) is 7.11 Å². The van der Waals surface area contributed by atoms with Crippen molar-refractivity contribution in [2.75, 3.05) is 7.11 Å². The summed E-state index contributed by atoms with van der Waals surface area (Å²) in [4.78, 5) is 0. The molecule has 2 heteroatoms. The van der Waals surface area contributed by atoms with Crippen molar-refractivity contribution >= 4 is 0 Å². The van der Waals surface area contributed by atoms with Gasteiger partial charge in [-0.1, -0.05) is 6.92 Å². The standard InChI is InChI=1S/C15H24O2/c1-3-15(17-2)7-9-5-11(15)14-8-4-10(13(9)14)12(16)6-8/h8-14,16H,3-7H2,1-2H3. The Labute approximate surface area is 104 Å². The summed E-state index contributed by atoms with van der Waals surface area (Å²) in [5.74, 6) is 4.86. The van der Waals surface area contributed by atoms with Gasteiger partial charge in [0.05, 0.1) is 11.7 Å². The van der Waals surface area contributed by atoms with E-state index in [0.29, 0.717) is 5.92 Å². The lowest BCUT2D eigenvalue weighted by Gasteiger charge is -2.46. The first-order valence-electron chi connectivity index (χ1n) is 7.43. The SMILES string of the molecule is CCC1(OC)CC2CC1C1C3CC(O)C(C3)C21. The van der Waals surface area contributed by atoms with Gasteiger partial charge in [-0.05, 0) is 67.6 Å². The highest BCUT2D eigenvalue weighted by Gasteiger charge is 2.68. The van der Waals surface area contributed by atoms with E-state index in [9.17, 15) is 5.11 Å². The number of aliphatic hydroxyl groups excluding tert-OH is 1. The lowest BCUT2D eigenvalue weighted by Crippen LogP contribution is -2.47. The normalized spacial score (nSPS) is 63.4. The number of fused-ring (bicyclic) bond motifs is 9. The summed E-state index contributed by atoms with van der Waals surface area (Å²) < 4.78 is 5.96. The first kappa shape index (κ1) is 10.8. The lowest BCUT2D eigenvalue weighted by atomic mass is 9.64. The first-order valence-corrected chi connectivity index (χ1v) is 7.43. The van der Waals surface area contributed by atoms with Crippen LogP contribution in [-0.2, 0) is 4.74 Å². The molecular weight excluding hydrogens is 212 g/mol. The van der Waals surface area contributed by atoms with E-state index in [1.165, 1.54) is 25.7 Å². The minimum Gasteiger partial charge on any atom is -0.393 e. The molecule has 0 aromatic heterocycles. The quantitative estimate of drug-likeness (QED) is 0.746. The molecule has 0 aromatic carbocycles. The molecule has 0 heterocycles. The molecule has 2 nitrogen and oxygen atoms in total. The zero-order chi connectivity index (χ0) is 11.8. The Morgan fingerprint density at radius 1 is 1.18 bits per heavy atom. The number of hydrogen-bond donors (Lipinski definition) is 1. The van der Waals surface area contributed by atoms with Gasteiger partial charge in [0.1, 0.15) is 0 Å². The van der Waals surface area contributed by atoms with Crippen molar-refractivity contribution in [2.24, 2.45) is 35.5 Å². The molecule has 0 radical (unpaired) electrons. The highest BCUT2D eigenvalue weighted by atomic mass is 16.5.